The molecule has 0 N–H and O–H groups in total. The Morgan fingerprint density at radius 1 is 1.23 bits per heavy atom. The van der Waals surface area contributed by atoms with Gasteiger partial charge < -0.3 is 9.47 Å². The Morgan fingerprint density at radius 3 is 2.80 bits per heavy atom. The molecule has 0 saturated carbocycles. The quantitative estimate of drug-likeness (QED) is 0.416. The third-order valence-corrected chi connectivity index (χ3v) is 6.58. The van der Waals surface area contributed by atoms with Crippen molar-refractivity contribution in [3.63, 3.8) is 0 Å². The van der Waals surface area contributed by atoms with Crippen molar-refractivity contribution >= 4 is 40.0 Å². The maximum Gasteiger partial charge on any atom is 0.177 e. The molecule has 3 heterocycles. The van der Waals surface area contributed by atoms with Crippen molar-refractivity contribution in [2.24, 2.45) is 0 Å². The minimum Gasteiger partial charge on any atom is -0.330 e. The Bertz CT molecular complexity index is 1060. The molecule has 0 atom stereocenters. The molecule has 156 valence electrons. The molecular formula is C23H26BrN5S. The molecule has 0 bridgehead atoms. The van der Waals surface area contributed by atoms with Crippen LogP contribution in [0.1, 0.15) is 47.6 Å². The minimum atomic E-state index is 0. The third-order valence-electron chi connectivity index (χ3n) is 5.59. The fourth-order valence-electron chi connectivity index (χ4n) is 3.84. The second kappa shape index (κ2) is 9.67. The van der Waals surface area contributed by atoms with Gasteiger partial charge in [-0.3, -0.25) is 0 Å². The number of aryl methyl sites for hydroxylation is 3. The molecule has 2 aliphatic rings. The van der Waals surface area contributed by atoms with Crippen molar-refractivity contribution in [2.75, 3.05) is 6.54 Å². The summed E-state index contributed by atoms with van der Waals surface area (Å²) in [6.07, 6.45) is 6.22. The molecule has 2 aliphatic heterocycles. The summed E-state index contributed by atoms with van der Waals surface area (Å²) < 4.78 is 2.14. The summed E-state index contributed by atoms with van der Waals surface area (Å²) >= 11 is 1.58. The lowest BCUT2D eigenvalue weighted by molar-refractivity contribution is 0.586. The molecule has 4 rings (SSSR count). The number of thioether (sulfide) groups is 1. The van der Waals surface area contributed by atoms with Crippen LogP contribution in [0.4, 0.5) is 0 Å². The van der Waals surface area contributed by atoms with E-state index in [4.69, 9.17) is 0 Å². The Kier molecular flexibility index (Phi) is 7.22. The number of fused-ring (bicyclic) bond motifs is 1. The van der Waals surface area contributed by atoms with E-state index < -0.39 is 0 Å². The molecule has 0 aliphatic carbocycles. The number of rotatable bonds is 4. The van der Waals surface area contributed by atoms with E-state index >= 15 is 0 Å². The second-order valence-electron chi connectivity index (χ2n) is 7.51. The van der Waals surface area contributed by atoms with Crippen LogP contribution in [0.15, 0.2) is 41.3 Å². The first-order chi connectivity index (χ1) is 14.1. The van der Waals surface area contributed by atoms with Crippen LogP contribution in [0.25, 0.3) is 11.3 Å². The van der Waals surface area contributed by atoms with Crippen LogP contribution in [0.5, 0.6) is 0 Å². The van der Waals surface area contributed by atoms with E-state index in [1.807, 2.05) is 6.08 Å². The Balaban J connectivity index is 0.00000256. The number of hydrogen-bond donors (Lipinski definition) is 0. The molecule has 0 amide bonds. The Morgan fingerprint density at radius 2 is 2.07 bits per heavy atom. The van der Waals surface area contributed by atoms with Crippen LogP contribution in [0, 0.1) is 25.2 Å². The second-order valence-corrected chi connectivity index (χ2v) is 8.37. The number of hydrogen-bond acceptors (Lipinski definition) is 5. The third kappa shape index (κ3) is 4.12. The molecule has 0 unspecified atom stereocenters. The summed E-state index contributed by atoms with van der Waals surface area (Å²) in [6, 6.07) is 8.92. The first kappa shape index (κ1) is 22.4. The van der Waals surface area contributed by atoms with Crippen LogP contribution in [0.2, 0.25) is 0 Å². The van der Waals surface area contributed by atoms with E-state index in [1.165, 1.54) is 17.5 Å². The highest BCUT2D eigenvalue weighted by atomic mass is 79.9. The minimum absolute atomic E-state index is 0. The maximum absolute atomic E-state index is 10.1. The molecular weight excluding hydrogens is 458 g/mol. The van der Waals surface area contributed by atoms with Gasteiger partial charge in [0.15, 0.2) is 5.82 Å². The lowest BCUT2D eigenvalue weighted by atomic mass is 10.0. The van der Waals surface area contributed by atoms with Gasteiger partial charge in [-0.05, 0) is 49.4 Å². The van der Waals surface area contributed by atoms with Gasteiger partial charge >= 0.3 is 0 Å². The normalized spacial score (nSPS) is 17.4. The molecule has 7 heteroatoms. The summed E-state index contributed by atoms with van der Waals surface area (Å²) in [5, 5.41) is 21.9. The molecule has 5 nitrogen and oxygen atoms in total. The van der Waals surface area contributed by atoms with Gasteiger partial charge in [0.05, 0.1) is 5.70 Å². The average Bonchev–Trinajstić information content (AvgIpc) is 3.22. The zero-order valence-electron chi connectivity index (χ0n) is 17.4. The van der Waals surface area contributed by atoms with Gasteiger partial charge in [0.1, 0.15) is 22.5 Å². The molecule has 1 aromatic carbocycles. The van der Waals surface area contributed by atoms with Crippen molar-refractivity contribution in [1.82, 2.24) is 19.7 Å². The molecule has 30 heavy (non-hydrogen) atoms. The van der Waals surface area contributed by atoms with Crippen LogP contribution < -0.4 is 0 Å². The van der Waals surface area contributed by atoms with Gasteiger partial charge in [-0.2, -0.15) is 5.26 Å². The lowest BCUT2D eigenvalue weighted by Crippen LogP contribution is -2.19. The standard InChI is InChI=1S/C23H25N5S.BrH/c1-4-11-27-20(18-10-9-16(2)17(3)13-18)15-29-23(27)19(14-24)22-26-25-21-8-6-5-7-12-28(21)22;/h4,9-10,13,15H,1,5-8,11-12H2,2-3H3;1H. The predicted octanol–water partition coefficient (Wildman–Crippen LogP) is 5.62. The van der Waals surface area contributed by atoms with E-state index in [-0.39, 0.29) is 17.0 Å². The largest absolute Gasteiger partial charge is 0.330 e. The van der Waals surface area contributed by atoms with E-state index in [1.54, 1.807) is 11.8 Å². The van der Waals surface area contributed by atoms with E-state index in [2.05, 4.69) is 69.8 Å². The molecule has 0 fully saturated rings. The Labute approximate surface area is 192 Å². The first-order valence-electron chi connectivity index (χ1n) is 10.0. The van der Waals surface area contributed by atoms with Gasteiger partial charge in [-0.15, -0.1) is 33.8 Å². The van der Waals surface area contributed by atoms with Crippen molar-refractivity contribution in [3.05, 3.63) is 69.6 Å². The monoisotopic (exact) mass is 483 g/mol. The highest BCUT2D eigenvalue weighted by Gasteiger charge is 2.29. The number of halogens is 1. The topological polar surface area (TPSA) is 57.7 Å². The summed E-state index contributed by atoms with van der Waals surface area (Å²) in [7, 11) is 0. The highest BCUT2D eigenvalue weighted by Crippen LogP contribution is 2.43. The van der Waals surface area contributed by atoms with Crippen molar-refractivity contribution in [2.45, 2.75) is 46.1 Å². The molecule has 0 radical (unpaired) electrons. The summed E-state index contributed by atoms with van der Waals surface area (Å²) in [4.78, 5) is 2.17. The van der Waals surface area contributed by atoms with Gasteiger partial charge in [-0.25, -0.2) is 0 Å². The summed E-state index contributed by atoms with van der Waals surface area (Å²) in [5.74, 6) is 1.68. The Hall–Kier alpha value is -2.30. The van der Waals surface area contributed by atoms with Crippen LogP contribution in [-0.4, -0.2) is 26.2 Å². The molecule has 1 aromatic heterocycles. The first-order valence-corrected chi connectivity index (χ1v) is 10.9. The number of aromatic nitrogens is 3. The van der Waals surface area contributed by atoms with Crippen LogP contribution in [0.3, 0.4) is 0 Å². The van der Waals surface area contributed by atoms with Gasteiger partial charge in [0.25, 0.3) is 0 Å². The van der Waals surface area contributed by atoms with Gasteiger partial charge in [-0.1, -0.05) is 36.4 Å². The van der Waals surface area contributed by atoms with E-state index in [0.29, 0.717) is 17.9 Å². The summed E-state index contributed by atoms with van der Waals surface area (Å²) in [5.41, 5.74) is 5.36. The maximum atomic E-state index is 10.1. The summed E-state index contributed by atoms with van der Waals surface area (Å²) in [6.45, 7) is 9.69. The fraction of sp³-hybridized carbons (Fsp3) is 0.348. The van der Waals surface area contributed by atoms with Crippen molar-refractivity contribution < 1.29 is 0 Å². The zero-order valence-corrected chi connectivity index (χ0v) is 19.9. The van der Waals surface area contributed by atoms with Gasteiger partial charge in [0.2, 0.25) is 0 Å². The van der Waals surface area contributed by atoms with Gasteiger partial charge in [0, 0.05) is 24.9 Å². The SMILES string of the molecule is Br.C=CCN1C(c2ccc(C)c(C)c2)=CSC1=C(C#N)c1nnc2n1CCCCC2. The number of allylic oxidation sites excluding steroid dienone is 1. The number of benzene rings is 1. The van der Waals surface area contributed by atoms with E-state index in [0.717, 1.165) is 47.9 Å². The lowest BCUT2D eigenvalue weighted by Gasteiger charge is -2.23. The van der Waals surface area contributed by atoms with E-state index in [9.17, 15) is 5.26 Å². The van der Waals surface area contributed by atoms with Crippen molar-refractivity contribution in [3.8, 4) is 6.07 Å². The zero-order chi connectivity index (χ0) is 20.4. The van der Waals surface area contributed by atoms with Crippen LogP contribution >= 0.6 is 28.7 Å². The molecule has 0 saturated heterocycles. The average molecular weight is 484 g/mol. The molecule has 0 spiro atoms. The smallest absolute Gasteiger partial charge is 0.177 e. The van der Waals surface area contributed by atoms with Crippen molar-refractivity contribution in [1.29, 1.82) is 5.26 Å². The fourth-order valence-corrected chi connectivity index (χ4v) is 4.88. The molecule has 2 aromatic rings. The van der Waals surface area contributed by atoms with Crippen LogP contribution in [-0.2, 0) is 13.0 Å². The highest BCUT2D eigenvalue weighted by molar-refractivity contribution is 8.93. The number of nitriles is 1. The number of nitrogens with zero attached hydrogens (tertiary/aromatic N) is 5. The predicted molar refractivity (Wildman–Crippen MR) is 129 cm³/mol.